The summed E-state index contributed by atoms with van der Waals surface area (Å²) in [6.45, 7) is 1.89. The van der Waals surface area contributed by atoms with E-state index in [9.17, 15) is 13.5 Å². The second-order valence-corrected chi connectivity index (χ2v) is 8.80. The van der Waals surface area contributed by atoms with Crippen LogP contribution in [0.15, 0.2) is 35.6 Å². The van der Waals surface area contributed by atoms with Crippen molar-refractivity contribution in [3.8, 4) is 11.3 Å². The first kappa shape index (κ1) is 17.8. The number of sulfonamides is 1. The van der Waals surface area contributed by atoms with Crippen LogP contribution in [0, 0.1) is 6.92 Å². The van der Waals surface area contributed by atoms with Crippen molar-refractivity contribution >= 4 is 21.5 Å². The van der Waals surface area contributed by atoms with E-state index in [-0.39, 0.29) is 16.8 Å². The highest BCUT2D eigenvalue weighted by atomic mass is 32.2. The van der Waals surface area contributed by atoms with E-state index in [4.69, 9.17) is 5.73 Å². The lowest BCUT2D eigenvalue weighted by Crippen LogP contribution is -2.47. The predicted octanol–water partition coefficient (Wildman–Crippen LogP) is 0.826. The zero-order valence-electron chi connectivity index (χ0n) is 14.9. The van der Waals surface area contributed by atoms with Gasteiger partial charge in [0.25, 0.3) is 0 Å². The molecule has 0 spiro atoms. The summed E-state index contributed by atoms with van der Waals surface area (Å²) in [6.07, 6.45) is 3.42. The molecule has 0 amide bonds. The zero-order chi connectivity index (χ0) is 19.3. The van der Waals surface area contributed by atoms with Gasteiger partial charge in [-0.1, -0.05) is 6.07 Å². The van der Waals surface area contributed by atoms with Crippen LogP contribution >= 0.6 is 0 Å². The topological polar surface area (TPSA) is 127 Å². The molecule has 1 aliphatic carbocycles. The van der Waals surface area contributed by atoms with E-state index in [1.54, 1.807) is 36.0 Å². The molecule has 0 aliphatic heterocycles. The van der Waals surface area contributed by atoms with Crippen LogP contribution in [0.5, 0.6) is 0 Å². The van der Waals surface area contributed by atoms with Gasteiger partial charge >= 0.3 is 0 Å². The number of anilines is 1. The van der Waals surface area contributed by atoms with Crippen molar-refractivity contribution in [3.63, 3.8) is 0 Å². The number of aryl methyl sites for hydroxylation is 1. The first-order valence-corrected chi connectivity index (χ1v) is 9.94. The van der Waals surface area contributed by atoms with Crippen LogP contribution in [0.2, 0.25) is 0 Å². The molecule has 142 valence electrons. The second-order valence-electron chi connectivity index (χ2n) is 6.80. The highest BCUT2D eigenvalue weighted by Gasteiger charge is 2.37. The Bertz CT molecular complexity index is 1120. The van der Waals surface area contributed by atoms with E-state index < -0.39 is 16.1 Å². The van der Waals surface area contributed by atoms with Crippen molar-refractivity contribution in [2.24, 2.45) is 0 Å². The van der Waals surface area contributed by atoms with E-state index >= 15 is 0 Å². The standard InChI is InChI=1S/C17H20N6O3S/c1-10-3-4-13(27(25,26)22(2)11-5-12(24)6-11)7-14(10)15-8-19-17-16(18)20-9-21-23(15)17/h3-4,7-9,11-12,24H,5-6H2,1-2H3,(H2,18,20,21). The molecule has 1 saturated carbocycles. The van der Waals surface area contributed by atoms with Crippen LogP contribution in [0.25, 0.3) is 16.9 Å². The molecule has 0 radical (unpaired) electrons. The number of nitrogens with zero attached hydrogens (tertiary/aromatic N) is 5. The van der Waals surface area contributed by atoms with Gasteiger partial charge in [-0.05, 0) is 37.5 Å². The maximum absolute atomic E-state index is 13.0. The zero-order valence-corrected chi connectivity index (χ0v) is 15.8. The fourth-order valence-electron chi connectivity index (χ4n) is 3.27. The van der Waals surface area contributed by atoms with Crippen molar-refractivity contribution in [2.45, 2.75) is 36.8 Å². The summed E-state index contributed by atoms with van der Waals surface area (Å²) < 4.78 is 28.9. The highest BCUT2D eigenvalue weighted by Crippen LogP contribution is 2.32. The normalized spacial score (nSPS) is 20.1. The summed E-state index contributed by atoms with van der Waals surface area (Å²) in [4.78, 5) is 8.35. The largest absolute Gasteiger partial charge is 0.393 e. The Morgan fingerprint density at radius 1 is 1.30 bits per heavy atom. The van der Waals surface area contributed by atoms with Crippen LogP contribution in [-0.2, 0) is 10.0 Å². The third-order valence-corrected chi connectivity index (χ3v) is 7.00. The molecule has 2 aromatic heterocycles. The molecule has 0 bridgehead atoms. The Morgan fingerprint density at radius 3 is 2.74 bits per heavy atom. The average Bonchev–Trinajstić information content (AvgIpc) is 3.04. The van der Waals surface area contributed by atoms with Crippen LogP contribution in [0.1, 0.15) is 18.4 Å². The van der Waals surface area contributed by atoms with Crippen LogP contribution < -0.4 is 5.73 Å². The number of benzene rings is 1. The van der Waals surface area contributed by atoms with Gasteiger partial charge in [-0.25, -0.2) is 22.9 Å². The molecule has 4 rings (SSSR count). The number of aliphatic hydroxyl groups is 1. The van der Waals surface area contributed by atoms with Crippen molar-refractivity contribution in [1.82, 2.24) is 23.9 Å². The molecule has 0 saturated heterocycles. The first-order chi connectivity index (χ1) is 12.8. The van der Waals surface area contributed by atoms with Gasteiger partial charge in [0.1, 0.15) is 6.33 Å². The second kappa shape index (κ2) is 6.25. The number of hydrogen-bond donors (Lipinski definition) is 2. The van der Waals surface area contributed by atoms with E-state index in [0.29, 0.717) is 29.7 Å². The number of aliphatic hydroxyl groups excluding tert-OH is 1. The maximum atomic E-state index is 13.0. The van der Waals surface area contributed by atoms with Gasteiger partial charge < -0.3 is 10.8 Å². The Hall–Kier alpha value is -2.56. The fourth-order valence-corrected chi connectivity index (χ4v) is 4.68. The van der Waals surface area contributed by atoms with Crippen LogP contribution in [0.4, 0.5) is 5.82 Å². The van der Waals surface area contributed by atoms with Crippen molar-refractivity contribution in [1.29, 1.82) is 0 Å². The van der Waals surface area contributed by atoms with Gasteiger partial charge in [0.05, 0.1) is 22.9 Å². The van der Waals surface area contributed by atoms with Gasteiger partial charge in [-0.3, -0.25) is 0 Å². The van der Waals surface area contributed by atoms with Gasteiger partial charge in [0.2, 0.25) is 10.0 Å². The van der Waals surface area contributed by atoms with Crippen molar-refractivity contribution in [2.75, 3.05) is 12.8 Å². The summed E-state index contributed by atoms with van der Waals surface area (Å²) in [5.41, 5.74) is 8.47. The number of imidazole rings is 1. The minimum absolute atomic E-state index is 0.182. The van der Waals surface area contributed by atoms with Crippen LogP contribution in [0.3, 0.4) is 0 Å². The molecular formula is C17H20N6O3S. The molecule has 9 nitrogen and oxygen atoms in total. The Labute approximate surface area is 156 Å². The minimum atomic E-state index is -3.68. The first-order valence-electron chi connectivity index (χ1n) is 8.50. The number of nitrogen functional groups attached to an aromatic ring is 1. The monoisotopic (exact) mass is 388 g/mol. The molecule has 3 N–H and O–H groups in total. The summed E-state index contributed by atoms with van der Waals surface area (Å²) in [5, 5.41) is 13.7. The highest BCUT2D eigenvalue weighted by molar-refractivity contribution is 7.89. The maximum Gasteiger partial charge on any atom is 0.243 e. The molecule has 3 aromatic rings. The molecule has 0 atom stereocenters. The smallest absolute Gasteiger partial charge is 0.243 e. The van der Waals surface area contributed by atoms with E-state index in [1.165, 1.54) is 10.6 Å². The van der Waals surface area contributed by atoms with Crippen molar-refractivity contribution < 1.29 is 13.5 Å². The van der Waals surface area contributed by atoms with E-state index in [1.807, 2.05) is 6.92 Å². The molecule has 0 unspecified atom stereocenters. The summed E-state index contributed by atoms with van der Waals surface area (Å²) >= 11 is 0. The molecule has 27 heavy (non-hydrogen) atoms. The van der Waals surface area contributed by atoms with Gasteiger partial charge in [-0.2, -0.15) is 9.40 Å². The summed E-state index contributed by atoms with van der Waals surface area (Å²) in [5.74, 6) is 0.251. The Balaban J connectivity index is 1.79. The van der Waals surface area contributed by atoms with E-state index in [0.717, 1.165) is 5.56 Å². The molecular weight excluding hydrogens is 368 g/mol. The van der Waals surface area contributed by atoms with Crippen LogP contribution in [-0.4, -0.2) is 56.6 Å². The van der Waals surface area contributed by atoms with Gasteiger partial charge in [0, 0.05) is 18.7 Å². The number of hydrogen-bond acceptors (Lipinski definition) is 7. The Kier molecular flexibility index (Phi) is 4.13. The molecule has 10 heteroatoms. The summed E-state index contributed by atoms with van der Waals surface area (Å²) in [6, 6.07) is 4.79. The SMILES string of the molecule is Cc1ccc(S(=O)(=O)N(C)C2CC(O)C2)cc1-c1cnc2c(N)ncnn12. The molecule has 1 aliphatic rings. The van der Waals surface area contributed by atoms with Gasteiger partial charge in [0.15, 0.2) is 11.5 Å². The third-order valence-electron chi connectivity index (χ3n) is 5.10. The third kappa shape index (κ3) is 2.85. The fraction of sp³-hybridized carbons (Fsp3) is 0.353. The predicted molar refractivity (Wildman–Crippen MR) is 99.3 cm³/mol. The van der Waals surface area contributed by atoms with Crippen molar-refractivity contribution in [3.05, 3.63) is 36.3 Å². The number of rotatable bonds is 4. The lowest BCUT2D eigenvalue weighted by molar-refractivity contribution is 0.0396. The Morgan fingerprint density at radius 2 is 2.04 bits per heavy atom. The number of fused-ring (bicyclic) bond motifs is 1. The quantitative estimate of drug-likeness (QED) is 0.677. The molecule has 2 heterocycles. The molecule has 1 fully saturated rings. The van der Waals surface area contributed by atoms with Gasteiger partial charge in [-0.15, -0.1) is 0 Å². The minimum Gasteiger partial charge on any atom is -0.393 e. The lowest BCUT2D eigenvalue weighted by atomic mass is 9.90. The number of nitrogens with two attached hydrogens (primary N) is 1. The average molecular weight is 388 g/mol. The number of aromatic nitrogens is 4. The van der Waals surface area contributed by atoms with E-state index in [2.05, 4.69) is 15.1 Å². The summed E-state index contributed by atoms with van der Waals surface area (Å²) in [7, 11) is -2.13. The lowest BCUT2D eigenvalue weighted by Gasteiger charge is -2.37. The molecule has 1 aromatic carbocycles.